The van der Waals surface area contributed by atoms with Gasteiger partial charge in [-0.2, -0.15) is 0 Å². The van der Waals surface area contributed by atoms with Gasteiger partial charge in [0.1, 0.15) is 0 Å². The number of rotatable bonds is 0. The summed E-state index contributed by atoms with van der Waals surface area (Å²) >= 11 is -5.88. The zero-order chi connectivity index (χ0) is 4.50. The fourth-order valence-electron chi connectivity index (χ4n) is 0. The van der Waals surface area contributed by atoms with Gasteiger partial charge in [-0.3, -0.25) is 0 Å². The molecule has 0 bridgehead atoms. The van der Waals surface area contributed by atoms with Crippen LogP contribution in [0.4, 0.5) is 0 Å². The van der Waals surface area contributed by atoms with E-state index in [1.165, 1.54) is 0 Å². The molecule has 0 amide bonds. The van der Waals surface area contributed by atoms with E-state index in [4.69, 9.17) is 16.0 Å². The normalized spacial score (nSPS) is 8.43. The molecule has 0 aliphatic heterocycles. The molecule has 0 N–H and O–H groups in total. The Kier molecular flexibility index (Phi) is 15.6. The van der Waals surface area contributed by atoms with E-state index in [0.29, 0.717) is 0 Å². The molecule has 0 aromatic rings. The van der Waals surface area contributed by atoms with Crippen molar-refractivity contribution in [2.45, 2.75) is 0 Å². The van der Waals surface area contributed by atoms with Gasteiger partial charge in [-0.25, -0.2) is 0 Å². The van der Waals surface area contributed by atoms with Gasteiger partial charge in [0.2, 0.25) is 0 Å². The predicted molar refractivity (Wildman–Crippen MR) is 6.44 cm³/mol. The SMILES string of the molecule is O=[As]([O-])([O-])[O-].[K+].[Ti+2]. The molecular formula is AsKO4Ti. The second-order valence-corrected chi connectivity index (χ2v) is 2.32. The standard InChI is InChI=1S/AsH3O4.K.Ti/c2-1(3,4)5;;/h(H3,2,3,4,5);;/q;+1;+2/p-3. The quantitative estimate of drug-likeness (QED) is 0.384. The van der Waals surface area contributed by atoms with Crippen molar-refractivity contribution < 1.29 is 89.1 Å². The van der Waals surface area contributed by atoms with Crippen molar-refractivity contribution >= 4 is 14.5 Å². The summed E-state index contributed by atoms with van der Waals surface area (Å²) in [5.41, 5.74) is 0. The van der Waals surface area contributed by atoms with Gasteiger partial charge in [-0.15, -0.1) is 0 Å². The fourth-order valence-corrected chi connectivity index (χ4v) is 0. The van der Waals surface area contributed by atoms with Gasteiger partial charge in [-0.1, -0.05) is 0 Å². The maximum atomic E-state index is 8.61. The third kappa shape index (κ3) is 55.6. The van der Waals surface area contributed by atoms with E-state index in [2.05, 4.69) is 0 Å². The molecule has 0 unspecified atom stereocenters. The first kappa shape index (κ1) is 16.3. The first-order chi connectivity index (χ1) is 2.00. The van der Waals surface area contributed by atoms with Gasteiger partial charge in [0.25, 0.3) is 0 Å². The molecule has 0 aliphatic carbocycles. The molecule has 4 nitrogen and oxygen atoms in total. The third-order valence-corrected chi connectivity index (χ3v) is 0. The van der Waals surface area contributed by atoms with E-state index < -0.39 is 14.5 Å². The fraction of sp³-hybridized carbons (Fsp3) is 0. The molecule has 0 aromatic carbocycles. The van der Waals surface area contributed by atoms with E-state index in [-0.39, 0.29) is 73.1 Å². The summed E-state index contributed by atoms with van der Waals surface area (Å²) in [4.78, 5) is 0. The molecule has 0 fully saturated rings. The average molecular weight is 226 g/mol. The van der Waals surface area contributed by atoms with Crippen molar-refractivity contribution in [3.05, 3.63) is 0 Å². The summed E-state index contributed by atoms with van der Waals surface area (Å²) in [6.07, 6.45) is 0. The third-order valence-electron chi connectivity index (χ3n) is 0. The van der Waals surface area contributed by atoms with Crippen molar-refractivity contribution in [3.8, 4) is 0 Å². The minimum Gasteiger partial charge on any atom is 1.00 e. The van der Waals surface area contributed by atoms with Crippen LogP contribution in [0.1, 0.15) is 0 Å². The summed E-state index contributed by atoms with van der Waals surface area (Å²) in [5.74, 6) is 0. The molecule has 0 atom stereocenters. The Balaban J connectivity index is -0.0000000800. The van der Waals surface area contributed by atoms with E-state index in [1.54, 1.807) is 0 Å². The number of hydrogen-bond acceptors (Lipinski definition) is 4. The predicted octanol–water partition coefficient (Wildman–Crippen LogP) is -7.07. The van der Waals surface area contributed by atoms with Gasteiger partial charge >= 0.3 is 104 Å². The Morgan fingerprint density at radius 3 is 1.14 bits per heavy atom. The Labute approximate surface area is 101 Å². The summed E-state index contributed by atoms with van der Waals surface area (Å²) < 4.78 is 34.4. The van der Waals surface area contributed by atoms with Crippen LogP contribution < -0.4 is 63.7 Å². The first-order valence-electron chi connectivity index (χ1n) is 0.730. The Bertz CT molecular complexity index is 57.8. The van der Waals surface area contributed by atoms with Crippen LogP contribution in [0.25, 0.3) is 0 Å². The first-order valence-corrected chi connectivity index (χ1v) is 3.79. The molecule has 7 heteroatoms. The molecule has 0 spiro atoms. The molecule has 0 heterocycles. The second kappa shape index (κ2) is 6.71. The van der Waals surface area contributed by atoms with Crippen LogP contribution in [0.15, 0.2) is 0 Å². The van der Waals surface area contributed by atoms with Crippen LogP contribution >= 0.6 is 0 Å². The van der Waals surface area contributed by atoms with Crippen LogP contribution in [0.2, 0.25) is 0 Å². The molecule has 0 saturated carbocycles. The van der Waals surface area contributed by atoms with Crippen molar-refractivity contribution in [1.29, 1.82) is 0 Å². The van der Waals surface area contributed by atoms with Crippen molar-refractivity contribution in [2.24, 2.45) is 0 Å². The van der Waals surface area contributed by atoms with Gasteiger partial charge in [0, 0.05) is 0 Å². The summed E-state index contributed by atoms with van der Waals surface area (Å²) in [6.45, 7) is 0. The maximum absolute atomic E-state index is 8.61. The minimum absolute atomic E-state index is 0. The molecule has 0 aromatic heterocycles. The molecule has 0 radical (unpaired) electrons. The zero-order valence-electron chi connectivity index (χ0n) is 3.58. The summed E-state index contributed by atoms with van der Waals surface area (Å²) in [6, 6.07) is 0. The smallest absolute Gasteiger partial charge is 1.00 e. The Morgan fingerprint density at radius 1 is 1.14 bits per heavy atom. The summed E-state index contributed by atoms with van der Waals surface area (Å²) in [5, 5.41) is 0. The zero-order valence-corrected chi connectivity index (χ0v) is 10.1. The van der Waals surface area contributed by atoms with Crippen LogP contribution in [0.3, 0.4) is 0 Å². The van der Waals surface area contributed by atoms with Crippen molar-refractivity contribution in [1.82, 2.24) is 0 Å². The van der Waals surface area contributed by atoms with Crippen LogP contribution in [0, 0.1) is 0 Å². The van der Waals surface area contributed by atoms with E-state index >= 15 is 0 Å². The van der Waals surface area contributed by atoms with Crippen molar-refractivity contribution in [3.63, 3.8) is 0 Å². The monoisotopic (exact) mass is 226 g/mol. The molecule has 34 valence electrons. The van der Waals surface area contributed by atoms with Gasteiger partial charge in [0.15, 0.2) is 0 Å². The molecule has 0 saturated heterocycles. The Hall–Kier alpha value is 2.59. The largest absolute Gasteiger partial charge is 2.00 e. The minimum atomic E-state index is -5.88. The maximum Gasteiger partial charge on any atom is 2.00 e. The van der Waals surface area contributed by atoms with E-state index in [1.807, 2.05) is 0 Å². The van der Waals surface area contributed by atoms with Crippen molar-refractivity contribution in [2.75, 3.05) is 0 Å². The van der Waals surface area contributed by atoms with Crippen LogP contribution in [-0.4, -0.2) is 14.5 Å². The topological polar surface area (TPSA) is 86.2 Å². The van der Waals surface area contributed by atoms with Gasteiger partial charge < -0.3 is 0 Å². The molecule has 0 rings (SSSR count). The molecular weight excluding hydrogens is 226 g/mol. The van der Waals surface area contributed by atoms with Gasteiger partial charge in [-0.05, 0) is 0 Å². The van der Waals surface area contributed by atoms with Crippen LogP contribution in [-0.2, 0) is 25.5 Å². The Morgan fingerprint density at radius 2 is 1.14 bits per heavy atom. The molecule has 0 aliphatic rings. The average Bonchev–Trinajstić information content (AvgIpc) is 0.722. The molecule has 7 heavy (non-hydrogen) atoms. The van der Waals surface area contributed by atoms with E-state index in [0.717, 1.165) is 0 Å². The van der Waals surface area contributed by atoms with E-state index in [9.17, 15) is 0 Å². The second-order valence-electron chi connectivity index (χ2n) is 0.447. The van der Waals surface area contributed by atoms with Gasteiger partial charge in [0.05, 0.1) is 0 Å². The number of hydrogen-bond donors (Lipinski definition) is 0. The van der Waals surface area contributed by atoms with Crippen LogP contribution in [0.5, 0.6) is 0 Å². The summed E-state index contributed by atoms with van der Waals surface area (Å²) in [7, 11) is 0.